The highest BCUT2D eigenvalue weighted by atomic mass is 15.2. The van der Waals surface area contributed by atoms with Crippen molar-refractivity contribution in [3.05, 3.63) is 54.9 Å². The molecule has 4 N–H and O–H groups in total. The quantitative estimate of drug-likeness (QED) is 0.481. The molecule has 0 radical (unpaired) electrons. The maximum absolute atomic E-state index is 5.52. The van der Waals surface area contributed by atoms with Gasteiger partial charge < -0.3 is 26.2 Å². The molecule has 1 aliphatic heterocycles. The van der Waals surface area contributed by atoms with Gasteiger partial charge in [-0.15, -0.1) is 0 Å². The molecule has 31 heavy (non-hydrogen) atoms. The van der Waals surface area contributed by atoms with Gasteiger partial charge in [0.1, 0.15) is 5.82 Å². The lowest BCUT2D eigenvalue weighted by Gasteiger charge is -2.34. The molecule has 1 fully saturated rings. The van der Waals surface area contributed by atoms with Crippen LogP contribution in [0.1, 0.15) is 6.42 Å². The molecule has 0 spiro atoms. The number of hydrogen-bond acceptors (Lipinski definition) is 8. The van der Waals surface area contributed by atoms with Gasteiger partial charge in [-0.1, -0.05) is 0 Å². The standard InChI is InChI=1S/C23H30N8/c1-30-13-15-31(16-14-30)20-6-4-19(5-7-20)28-23-26-12-9-21(29-23)18-3-8-22(27-17-18)25-11-2-10-24/h3-9,12,17H,2,10-11,13-16,24H2,1H3,(H,25,27)(H,26,28,29). The number of nitrogens with zero attached hydrogens (tertiary/aromatic N) is 5. The number of aromatic nitrogens is 3. The topological polar surface area (TPSA) is 95.2 Å². The minimum absolute atomic E-state index is 0.565. The Morgan fingerprint density at radius 3 is 2.48 bits per heavy atom. The second-order valence-corrected chi connectivity index (χ2v) is 7.73. The van der Waals surface area contributed by atoms with E-state index in [1.807, 2.05) is 24.4 Å². The number of nitrogens with one attached hydrogen (secondary N) is 2. The monoisotopic (exact) mass is 418 g/mol. The first kappa shape index (κ1) is 21.0. The van der Waals surface area contributed by atoms with Crippen LogP contribution in [-0.2, 0) is 0 Å². The zero-order chi connectivity index (χ0) is 21.5. The first-order valence-electron chi connectivity index (χ1n) is 10.8. The van der Waals surface area contributed by atoms with Crippen LogP contribution in [0.15, 0.2) is 54.9 Å². The summed E-state index contributed by atoms with van der Waals surface area (Å²) in [7, 11) is 2.17. The van der Waals surface area contributed by atoms with Crippen LogP contribution in [0.25, 0.3) is 11.3 Å². The van der Waals surface area contributed by atoms with Gasteiger partial charge in [-0.25, -0.2) is 15.0 Å². The molecule has 162 valence electrons. The summed E-state index contributed by atoms with van der Waals surface area (Å²) < 4.78 is 0. The van der Waals surface area contributed by atoms with Gasteiger partial charge in [0.25, 0.3) is 0 Å². The van der Waals surface area contributed by atoms with Crippen molar-refractivity contribution in [2.45, 2.75) is 6.42 Å². The van der Waals surface area contributed by atoms with Gasteiger partial charge in [0.2, 0.25) is 5.95 Å². The number of likely N-dealkylation sites (N-methyl/N-ethyl adjacent to an activating group) is 1. The molecule has 3 aromatic rings. The second-order valence-electron chi connectivity index (χ2n) is 7.73. The van der Waals surface area contributed by atoms with Crippen LogP contribution < -0.4 is 21.3 Å². The highest BCUT2D eigenvalue weighted by Crippen LogP contribution is 2.23. The Morgan fingerprint density at radius 2 is 1.77 bits per heavy atom. The van der Waals surface area contributed by atoms with Crippen LogP contribution in [0.4, 0.5) is 23.1 Å². The minimum atomic E-state index is 0.565. The van der Waals surface area contributed by atoms with Gasteiger partial charge in [-0.05, 0) is 62.5 Å². The van der Waals surface area contributed by atoms with Gasteiger partial charge in [-0.3, -0.25) is 0 Å². The van der Waals surface area contributed by atoms with E-state index in [0.29, 0.717) is 12.5 Å². The third kappa shape index (κ3) is 5.68. The van der Waals surface area contributed by atoms with Crippen LogP contribution in [0.3, 0.4) is 0 Å². The summed E-state index contributed by atoms with van der Waals surface area (Å²) in [4.78, 5) is 18.3. The van der Waals surface area contributed by atoms with Crippen LogP contribution in [0.5, 0.6) is 0 Å². The predicted molar refractivity (Wildman–Crippen MR) is 127 cm³/mol. The van der Waals surface area contributed by atoms with Crippen molar-refractivity contribution in [1.29, 1.82) is 0 Å². The van der Waals surface area contributed by atoms with E-state index < -0.39 is 0 Å². The van der Waals surface area contributed by atoms with Gasteiger partial charge in [-0.2, -0.15) is 0 Å². The molecule has 8 heteroatoms. The molecule has 0 bridgehead atoms. The number of nitrogens with two attached hydrogens (primary N) is 1. The van der Waals surface area contributed by atoms with E-state index >= 15 is 0 Å². The van der Waals surface area contributed by atoms with Crippen LogP contribution in [-0.4, -0.2) is 66.2 Å². The molecule has 1 saturated heterocycles. The Balaban J connectivity index is 1.39. The maximum Gasteiger partial charge on any atom is 0.227 e. The number of anilines is 4. The number of benzene rings is 1. The SMILES string of the molecule is CN1CCN(c2ccc(Nc3nccc(-c4ccc(NCCCN)nc4)n3)cc2)CC1. The van der Waals surface area contributed by atoms with Crippen LogP contribution in [0.2, 0.25) is 0 Å². The molecule has 0 saturated carbocycles. The van der Waals surface area contributed by atoms with Gasteiger partial charge in [0.05, 0.1) is 5.69 Å². The third-order valence-corrected chi connectivity index (χ3v) is 5.39. The summed E-state index contributed by atoms with van der Waals surface area (Å²) in [5.74, 6) is 1.40. The van der Waals surface area contributed by atoms with Gasteiger partial charge >= 0.3 is 0 Å². The maximum atomic E-state index is 5.52. The summed E-state index contributed by atoms with van der Waals surface area (Å²) in [6, 6.07) is 14.3. The van der Waals surface area contributed by atoms with Crippen molar-refractivity contribution in [2.24, 2.45) is 5.73 Å². The van der Waals surface area contributed by atoms with Crippen molar-refractivity contribution >= 4 is 23.1 Å². The zero-order valence-electron chi connectivity index (χ0n) is 18.0. The Labute approximate surface area is 183 Å². The van der Waals surface area contributed by atoms with E-state index in [2.05, 4.69) is 66.7 Å². The van der Waals surface area contributed by atoms with E-state index in [4.69, 9.17) is 5.73 Å². The molecule has 2 aromatic heterocycles. The highest BCUT2D eigenvalue weighted by molar-refractivity contribution is 5.63. The third-order valence-electron chi connectivity index (χ3n) is 5.39. The lowest BCUT2D eigenvalue weighted by Crippen LogP contribution is -2.44. The highest BCUT2D eigenvalue weighted by Gasteiger charge is 2.14. The molecule has 8 nitrogen and oxygen atoms in total. The molecular weight excluding hydrogens is 388 g/mol. The Hall–Kier alpha value is -3.23. The predicted octanol–water partition coefficient (Wildman–Crippen LogP) is 2.79. The summed E-state index contributed by atoms with van der Waals surface area (Å²) in [5, 5.41) is 6.56. The Morgan fingerprint density at radius 1 is 0.968 bits per heavy atom. The summed E-state index contributed by atoms with van der Waals surface area (Å²) in [6.07, 6.45) is 4.50. The molecular formula is C23H30N8. The summed E-state index contributed by atoms with van der Waals surface area (Å²) in [5.41, 5.74) is 9.51. The van der Waals surface area contributed by atoms with Crippen LogP contribution in [0, 0.1) is 0 Å². The molecule has 0 unspecified atom stereocenters. The van der Waals surface area contributed by atoms with E-state index in [0.717, 1.165) is 61.9 Å². The van der Waals surface area contributed by atoms with Crippen molar-refractivity contribution in [3.63, 3.8) is 0 Å². The zero-order valence-corrected chi connectivity index (χ0v) is 18.0. The lowest BCUT2D eigenvalue weighted by atomic mass is 10.2. The molecule has 1 aromatic carbocycles. The van der Waals surface area contributed by atoms with E-state index in [-0.39, 0.29) is 0 Å². The fourth-order valence-electron chi connectivity index (χ4n) is 3.50. The fourth-order valence-corrected chi connectivity index (χ4v) is 3.50. The number of piperazine rings is 1. The molecule has 4 rings (SSSR count). The second kappa shape index (κ2) is 10.2. The Kier molecular flexibility index (Phi) is 6.91. The van der Waals surface area contributed by atoms with E-state index in [9.17, 15) is 0 Å². The fraction of sp³-hybridized carbons (Fsp3) is 0.348. The normalized spacial score (nSPS) is 14.5. The average Bonchev–Trinajstić information content (AvgIpc) is 2.81. The molecule has 0 atom stereocenters. The van der Waals surface area contributed by atoms with Crippen molar-refractivity contribution in [3.8, 4) is 11.3 Å². The molecule has 3 heterocycles. The smallest absolute Gasteiger partial charge is 0.227 e. The average molecular weight is 419 g/mol. The molecule has 0 aliphatic carbocycles. The number of pyridine rings is 1. The first-order chi connectivity index (χ1) is 15.2. The van der Waals surface area contributed by atoms with E-state index in [1.165, 1.54) is 5.69 Å². The number of hydrogen-bond donors (Lipinski definition) is 3. The summed E-state index contributed by atoms with van der Waals surface area (Å²) in [6.45, 7) is 5.80. The van der Waals surface area contributed by atoms with Crippen molar-refractivity contribution < 1.29 is 0 Å². The van der Waals surface area contributed by atoms with Gasteiger partial charge in [0.15, 0.2) is 0 Å². The lowest BCUT2D eigenvalue weighted by molar-refractivity contribution is 0.313. The largest absolute Gasteiger partial charge is 0.370 e. The van der Waals surface area contributed by atoms with Crippen molar-refractivity contribution in [2.75, 3.05) is 61.8 Å². The van der Waals surface area contributed by atoms with Gasteiger partial charge in [0, 0.05) is 62.1 Å². The number of rotatable bonds is 8. The molecule has 0 amide bonds. The first-order valence-corrected chi connectivity index (χ1v) is 10.8. The summed E-state index contributed by atoms with van der Waals surface area (Å²) >= 11 is 0. The van der Waals surface area contributed by atoms with Crippen LogP contribution >= 0.6 is 0 Å². The van der Waals surface area contributed by atoms with E-state index in [1.54, 1.807) is 6.20 Å². The Bertz CT molecular complexity index is 950. The van der Waals surface area contributed by atoms with Crippen molar-refractivity contribution in [1.82, 2.24) is 19.9 Å². The minimum Gasteiger partial charge on any atom is -0.370 e. The molecule has 1 aliphatic rings.